The summed E-state index contributed by atoms with van der Waals surface area (Å²) in [5.74, 6) is 0. The van der Waals surface area contributed by atoms with Gasteiger partial charge in [-0.15, -0.1) is 0 Å². The third-order valence-corrected chi connectivity index (χ3v) is 3.82. The molecule has 1 heteroatoms. The normalized spacial score (nSPS) is 10.9. The molecule has 0 radical (unpaired) electrons. The molecule has 5 aromatic rings. The van der Waals surface area contributed by atoms with Gasteiger partial charge in [-0.25, -0.2) is 0 Å². The predicted molar refractivity (Wildman–Crippen MR) is 88.9 cm³/mol. The van der Waals surface area contributed by atoms with Crippen molar-refractivity contribution in [3.8, 4) is 0 Å². The summed E-state index contributed by atoms with van der Waals surface area (Å²) in [5, 5.41) is 8.14. The van der Waals surface area contributed by atoms with Gasteiger partial charge in [0.25, 0.3) is 0 Å². The Morgan fingerprint density at radius 3 is 1.10 bits per heavy atom. The van der Waals surface area contributed by atoms with Gasteiger partial charge in [-0.05, 0) is 44.5 Å². The number of rotatable bonds is 0. The molecule has 100 valence electrons. The monoisotopic (exact) mass is 270 g/mol. The van der Waals surface area contributed by atoms with E-state index >= 15 is 0 Å². The minimum atomic E-state index is 1.34. The highest BCUT2D eigenvalue weighted by Crippen LogP contribution is 2.33. The van der Waals surface area contributed by atoms with Gasteiger partial charge in [0.1, 0.15) is 0 Å². The molecule has 1 heterocycles. The zero-order valence-corrected chi connectivity index (χ0v) is 11.5. The van der Waals surface area contributed by atoms with Gasteiger partial charge in [-0.1, -0.05) is 60.7 Å². The van der Waals surface area contributed by atoms with Crippen LogP contribution >= 0.6 is 0 Å². The van der Waals surface area contributed by atoms with E-state index in [1.807, 2.05) is 12.1 Å². The molecule has 0 fully saturated rings. The van der Waals surface area contributed by atoms with Gasteiger partial charge in [-0.2, -0.15) is 0 Å². The van der Waals surface area contributed by atoms with Crippen LogP contribution in [0.1, 0.15) is 0 Å². The van der Waals surface area contributed by atoms with Crippen LogP contribution < -0.4 is 0 Å². The van der Waals surface area contributed by atoms with Crippen molar-refractivity contribution in [1.82, 2.24) is 0 Å². The maximum Gasteiger partial charge on any atom is 0.0902 e. The van der Waals surface area contributed by atoms with Gasteiger partial charge < -0.3 is 4.42 Å². The number of benzene rings is 4. The lowest BCUT2D eigenvalue weighted by atomic mass is 9.95. The summed E-state index contributed by atoms with van der Waals surface area (Å²) in [5.41, 5.74) is 0. The Bertz CT molecular complexity index is 834. The number of hydrogen-bond donors (Lipinski definition) is 0. The maximum atomic E-state index is 4.58. The Hall–Kier alpha value is -2.80. The average molecular weight is 270 g/mol. The summed E-state index contributed by atoms with van der Waals surface area (Å²) < 4.78 is 4.58. The highest BCUT2D eigenvalue weighted by molar-refractivity contribution is 6.22. The molecular weight excluding hydrogens is 256 g/mol. The molecule has 0 aliphatic carbocycles. The molecule has 1 aromatic heterocycles. The summed E-state index contributed by atoms with van der Waals surface area (Å²) in [6.45, 7) is 0. The molecule has 0 spiro atoms. The van der Waals surface area contributed by atoms with E-state index in [1.54, 1.807) is 12.5 Å². The lowest BCUT2D eigenvalue weighted by molar-refractivity contribution is 0.567. The van der Waals surface area contributed by atoms with Crippen molar-refractivity contribution in [2.45, 2.75) is 0 Å². The van der Waals surface area contributed by atoms with E-state index in [9.17, 15) is 0 Å². The molecular formula is C20H14O. The van der Waals surface area contributed by atoms with E-state index in [-0.39, 0.29) is 0 Å². The smallest absolute Gasteiger partial charge is 0.0902 e. The molecule has 0 aliphatic heterocycles. The Morgan fingerprint density at radius 1 is 0.429 bits per heavy atom. The van der Waals surface area contributed by atoms with Gasteiger partial charge >= 0.3 is 0 Å². The zero-order chi connectivity index (χ0) is 14.1. The van der Waals surface area contributed by atoms with Crippen LogP contribution in [0.4, 0.5) is 0 Å². The summed E-state index contributed by atoms with van der Waals surface area (Å²) in [7, 11) is 0. The van der Waals surface area contributed by atoms with E-state index in [4.69, 9.17) is 0 Å². The van der Waals surface area contributed by atoms with Gasteiger partial charge in [0.15, 0.2) is 0 Å². The summed E-state index contributed by atoms with van der Waals surface area (Å²) in [6, 6.07) is 25.5. The largest absolute Gasteiger partial charge is 0.473 e. The molecule has 0 N–H and O–H groups in total. The van der Waals surface area contributed by atoms with Gasteiger partial charge in [-0.3, -0.25) is 0 Å². The summed E-state index contributed by atoms with van der Waals surface area (Å²) >= 11 is 0. The van der Waals surface area contributed by atoms with E-state index in [2.05, 4.69) is 65.1 Å². The van der Waals surface area contributed by atoms with Crippen LogP contribution in [0.3, 0.4) is 0 Å². The number of furan rings is 1. The lowest BCUT2D eigenvalue weighted by Gasteiger charge is -2.09. The van der Waals surface area contributed by atoms with Crippen LogP contribution in [-0.4, -0.2) is 0 Å². The summed E-state index contributed by atoms with van der Waals surface area (Å²) in [4.78, 5) is 0. The van der Waals surface area contributed by atoms with Crippen molar-refractivity contribution in [1.29, 1.82) is 0 Å². The Kier molecular flexibility index (Phi) is 2.82. The van der Waals surface area contributed by atoms with Crippen molar-refractivity contribution in [3.63, 3.8) is 0 Å². The van der Waals surface area contributed by atoms with E-state index in [1.165, 1.54) is 32.3 Å². The van der Waals surface area contributed by atoms with Crippen molar-refractivity contribution in [3.05, 3.63) is 85.3 Å². The molecule has 5 rings (SSSR count). The Labute approximate surface area is 122 Å². The van der Waals surface area contributed by atoms with Crippen LogP contribution in [0.2, 0.25) is 0 Å². The van der Waals surface area contributed by atoms with Crippen LogP contribution in [0, 0.1) is 0 Å². The molecule has 0 bridgehead atoms. The minimum Gasteiger partial charge on any atom is -0.473 e. The fraction of sp³-hybridized carbons (Fsp3) is 0. The SMILES string of the molecule is c1cc2ccc3cccc4ccc(c1)c2c34.c1ccoc1. The van der Waals surface area contributed by atoms with E-state index in [0.717, 1.165) is 0 Å². The lowest BCUT2D eigenvalue weighted by Crippen LogP contribution is -1.82. The number of hydrogen-bond acceptors (Lipinski definition) is 1. The summed E-state index contributed by atoms with van der Waals surface area (Å²) in [6.07, 6.45) is 3.25. The molecule has 1 nitrogen and oxygen atoms in total. The van der Waals surface area contributed by atoms with Gasteiger partial charge in [0.05, 0.1) is 12.5 Å². The standard InChI is InChI=1S/C16H10.C4H4O/c1-3-11-7-9-13-5-2-6-14-10-8-12(4-1)15(11)16(13)14;1-2-4-5-3-1/h1-10H;1-4H. The first kappa shape index (κ1) is 12.0. The molecule has 0 saturated carbocycles. The average Bonchev–Trinajstić information content (AvgIpc) is 3.13. The second kappa shape index (κ2) is 4.95. The fourth-order valence-electron chi connectivity index (χ4n) is 2.90. The highest BCUT2D eigenvalue weighted by atomic mass is 16.3. The Balaban J connectivity index is 0.000000197. The fourth-order valence-corrected chi connectivity index (χ4v) is 2.90. The molecule has 0 saturated heterocycles. The van der Waals surface area contributed by atoms with Crippen molar-refractivity contribution in [2.24, 2.45) is 0 Å². The molecule has 4 aromatic carbocycles. The molecule has 21 heavy (non-hydrogen) atoms. The molecule has 0 amide bonds. The first-order valence-electron chi connectivity index (χ1n) is 7.03. The predicted octanol–water partition coefficient (Wildman–Crippen LogP) is 5.86. The van der Waals surface area contributed by atoms with Crippen molar-refractivity contribution in [2.75, 3.05) is 0 Å². The molecule has 0 aliphatic rings. The topological polar surface area (TPSA) is 13.1 Å². The zero-order valence-electron chi connectivity index (χ0n) is 11.5. The first-order chi connectivity index (χ1) is 10.4. The minimum absolute atomic E-state index is 1.34. The molecule has 0 unspecified atom stereocenters. The van der Waals surface area contributed by atoms with Crippen LogP contribution in [0.15, 0.2) is 89.7 Å². The van der Waals surface area contributed by atoms with Gasteiger partial charge in [0, 0.05) is 0 Å². The van der Waals surface area contributed by atoms with Crippen LogP contribution in [-0.2, 0) is 0 Å². The maximum absolute atomic E-state index is 4.58. The van der Waals surface area contributed by atoms with Crippen molar-refractivity contribution >= 4 is 32.3 Å². The first-order valence-corrected chi connectivity index (χ1v) is 7.03. The van der Waals surface area contributed by atoms with E-state index < -0.39 is 0 Å². The van der Waals surface area contributed by atoms with Gasteiger partial charge in [0.2, 0.25) is 0 Å². The third-order valence-electron chi connectivity index (χ3n) is 3.82. The van der Waals surface area contributed by atoms with Crippen LogP contribution in [0.5, 0.6) is 0 Å². The van der Waals surface area contributed by atoms with Crippen molar-refractivity contribution < 1.29 is 4.42 Å². The van der Waals surface area contributed by atoms with E-state index in [0.29, 0.717) is 0 Å². The van der Waals surface area contributed by atoms with Crippen LogP contribution in [0.25, 0.3) is 32.3 Å². The molecule has 0 atom stereocenters. The second-order valence-electron chi connectivity index (χ2n) is 5.08. The third kappa shape index (κ3) is 2.03. The quantitative estimate of drug-likeness (QED) is 0.321. The Morgan fingerprint density at radius 2 is 0.810 bits per heavy atom. The second-order valence-corrected chi connectivity index (χ2v) is 5.08. The highest BCUT2D eigenvalue weighted by Gasteiger charge is 2.05.